The highest BCUT2D eigenvalue weighted by molar-refractivity contribution is 6.01. The predicted molar refractivity (Wildman–Crippen MR) is 147 cm³/mol. The summed E-state index contributed by atoms with van der Waals surface area (Å²) in [5, 5.41) is 13.4. The van der Waals surface area contributed by atoms with Crippen LogP contribution in [0.25, 0.3) is 0 Å². The van der Waals surface area contributed by atoms with E-state index in [9.17, 15) is 9.59 Å². The number of pyridine rings is 1. The van der Waals surface area contributed by atoms with E-state index in [1.54, 1.807) is 42.5 Å². The SMILES string of the molecule is Cn1cc(NC(=O)C(CC2CCCC2)NC(=O)c2cccc(Nc3cccnc3N3CCOCC3)c2)cn1. The van der Waals surface area contributed by atoms with Crippen molar-refractivity contribution in [3.8, 4) is 0 Å². The number of hydrogen-bond acceptors (Lipinski definition) is 7. The van der Waals surface area contributed by atoms with Crippen LogP contribution < -0.4 is 20.9 Å². The van der Waals surface area contributed by atoms with Gasteiger partial charge in [-0.2, -0.15) is 5.10 Å². The lowest BCUT2D eigenvalue weighted by molar-refractivity contribution is -0.118. The van der Waals surface area contributed by atoms with Gasteiger partial charge in [-0.15, -0.1) is 0 Å². The maximum atomic E-state index is 13.3. The van der Waals surface area contributed by atoms with Crippen LogP contribution in [0, 0.1) is 5.92 Å². The second-order valence-corrected chi connectivity index (χ2v) is 9.98. The second kappa shape index (κ2) is 12.1. The summed E-state index contributed by atoms with van der Waals surface area (Å²) in [6.07, 6.45) is 10.3. The quantitative estimate of drug-likeness (QED) is 0.397. The fourth-order valence-electron chi connectivity index (χ4n) is 5.18. The molecule has 38 heavy (non-hydrogen) atoms. The van der Waals surface area contributed by atoms with Gasteiger partial charge in [-0.25, -0.2) is 4.98 Å². The fraction of sp³-hybridized carbons (Fsp3) is 0.429. The van der Waals surface area contributed by atoms with Gasteiger partial charge in [-0.1, -0.05) is 31.7 Å². The van der Waals surface area contributed by atoms with E-state index in [1.165, 1.54) is 12.8 Å². The molecule has 2 fully saturated rings. The maximum Gasteiger partial charge on any atom is 0.252 e. The topological polar surface area (TPSA) is 113 Å². The molecule has 1 unspecified atom stereocenters. The van der Waals surface area contributed by atoms with Crippen molar-refractivity contribution in [2.75, 3.05) is 41.8 Å². The molecule has 3 N–H and O–H groups in total. The molecule has 10 heteroatoms. The van der Waals surface area contributed by atoms with Crippen molar-refractivity contribution >= 4 is 34.7 Å². The zero-order valence-corrected chi connectivity index (χ0v) is 21.7. The summed E-state index contributed by atoms with van der Waals surface area (Å²) in [6, 6.07) is 10.5. The summed E-state index contributed by atoms with van der Waals surface area (Å²) in [7, 11) is 1.80. The zero-order chi connectivity index (χ0) is 26.3. The first-order valence-corrected chi connectivity index (χ1v) is 13.3. The number of carbonyl (C=O) groups is 2. The molecule has 1 saturated carbocycles. The van der Waals surface area contributed by atoms with Crippen molar-refractivity contribution in [2.24, 2.45) is 13.0 Å². The average Bonchev–Trinajstić information content (AvgIpc) is 3.60. The number of amides is 2. The van der Waals surface area contributed by atoms with Crippen LogP contribution in [0.1, 0.15) is 42.5 Å². The molecule has 2 aliphatic rings. The molecule has 0 radical (unpaired) electrons. The van der Waals surface area contributed by atoms with Crippen LogP contribution in [0.2, 0.25) is 0 Å². The molecule has 10 nitrogen and oxygen atoms in total. The number of nitrogens with zero attached hydrogens (tertiary/aromatic N) is 4. The number of morpholine rings is 1. The highest BCUT2D eigenvalue weighted by Gasteiger charge is 2.27. The Morgan fingerprint density at radius 3 is 2.68 bits per heavy atom. The van der Waals surface area contributed by atoms with Gasteiger partial charge in [0.15, 0.2) is 5.82 Å². The molecular weight excluding hydrogens is 482 g/mol. The number of nitrogens with one attached hydrogen (secondary N) is 3. The van der Waals surface area contributed by atoms with Gasteiger partial charge >= 0.3 is 0 Å². The molecule has 1 atom stereocenters. The van der Waals surface area contributed by atoms with E-state index in [2.05, 4.69) is 30.9 Å². The number of aromatic nitrogens is 3. The van der Waals surface area contributed by atoms with E-state index in [0.29, 0.717) is 36.8 Å². The number of ether oxygens (including phenoxy) is 1. The van der Waals surface area contributed by atoms with E-state index < -0.39 is 6.04 Å². The van der Waals surface area contributed by atoms with Crippen molar-refractivity contribution in [3.63, 3.8) is 0 Å². The van der Waals surface area contributed by atoms with Crippen molar-refractivity contribution in [1.29, 1.82) is 0 Å². The monoisotopic (exact) mass is 517 g/mol. The normalized spacial score (nSPS) is 16.7. The van der Waals surface area contributed by atoms with Gasteiger partial charge in [-0.05, 0) is 42.7 Å². The van der Waals surface area contributed by atoms with Gasteiger partial charge in [0.05, 0.1) is 30.8 Å². The first-order valence-electron chi connectivity index (χ1n) is 13.3. The summed E-state index contributed by atoms with van der Waals surface area (Å²) in [5.74, 6) is 0.780. The van der Waals surface area contributed by atoms with E-state index in [4.69, 9.17) is 4.74 Å². The van der Waals surface area contributed by atoms with Gasteiger partial charge in [-0.3, -0.25) is 14.3 Å². The van der Waals surface area contributed by atoms with Crippen LogP contribution in [0.3, 0.4) is 0 Å². The minimum atomic E-state index is -0.631. The molecule has 1 saturated heterocycles. The van der Waals surface area contributed by atoms with Crippen molar-refractivity contribution < 1.29 is 14.3 Å². The van der Waals surface area contributed by atoms with Crippen molar-refractivity contribution in [3.05, 3.63) is 60.6 Å². The van der Waals surface area contributed by atoms with Gasteiger partial charge in [0.1, 0.15) is 6.04 Å². The molecule has 0 spiro atoms. The summed E-state index contributed by atoms with van der Waals surface area (Å²) in [6.45, 7) is 2.89. The third-order valence-corrected chi connectivity index (χ3v) is 7.14. The standard InChI is InChI=1S/C28H35N7O3/c1-34-19-23(18-30-34)32-28(37)25(16-20-6-2-3-7-20)33-27(36)21-8-4-9-22(17-21)31-24-10-5-11-29-26(24)35-12-14-38-15-13-35/h4-5,8-11,17-20,25,31H,2-3,6-7,12-16H2,1H3,(H,32,37)(H,33,36). The first-order chi connectivity index (χ1) is 18.5. The Kier molecular flexibility index (Phi) is 8.18. The number of anilines is 4. The van der Waals surface area contributed by atoms with Gasteiger partial charge in [0.25, 0.3) is 5.91 Å². The van der Waals surface area contributed by atoms with E-state index in [0.717, 1.165) is 43.1 Å². The van der Waals surface area contributed by atoms with Crippen LogP contribution in [-0.2, 0) is 16.6 Å². The highest BCUT2D eigenvalue weighted by Crippen LogP contribution is 2.30. The lowest BCUT2D eigenvalue weighted by atomic mass is 9.97. The summed E-state index contributed by atoms with van der Waals surface area (Å²) in [4.78, 5) is 33.3. The Labute approximate surface area is 222 Å². The third-order valence-electron chi connectivity index (χ3n) is 7.14. The minimum absolute atomic E-state index is 0.224. The number of aryl methyl sites for hydroxylation is 1. The molecular formula is C28H35N7O3. The van der Waals surface area contributed by atoms with E-state index >= 15 is 0 Å². The van der Waals surface area contributed by atoms with Crippen LogP contribution in [0.15, 0.2) is 55.0 Å². The zero-order valence-electron chi connectivity index (χ0n) is 21.7. The molecule has 200 valence electrons. The average molecular weight is 518 g/mol. The number of benzene rings is 1. The molecule has 1 aliphatic heterocycles. The number of hydrogen-bond donors (Lipinski definition) is 3. The molecule has 2 aromatic heterocycles. The fourth-order valence-corrected chi connectivity index (χ4v) is 5.18. The molecule has 1 aliphatic carbocycles. The van der Waals surface area contributed by atoms with E-state index in [-0.39, 0.29) is 11.8 Å². The Hall–Kier alpha value is -3.92. The first kappa shape index (κ1) is 25.7. The minimum Gasteiger partial charge on any atom is -0.378 e. The number of carbonyl (C=O) groups excluding carboxylic acids is 2. The summed E-state index contributed by atoms with van der Waals surface area (Å²) >= 11 is 0. The molecule has 5 rings (SSSR count). The van der Waals surface area contributed by atoms with Crippen LogP contribution in [0.4, 0.5) is 22.9 Å². The van der Waals surface area contributed by atoms with Gasteiger partial charge in [0, 0.05) is 43.8 Å². The van der Waals surface area contributed by atoms with Gasteiger partial charge < -0.3 is 25.6 Å². The van der Waals surface area contributed by atoms with Crippen LogP contribution in [-0.4, -0.2) is 58.9 Å². The Morgan fingerprint density at radius 1 is 1.11 bits per heavy atom. The Balaban J connectivity index is 1.29. The van der Waals surface area contributed by atoms with Crippen molar-refractivity contribution in [1.82, 2.24) is 20.1 Å². The van der Waals surface area contributed by atoms with Gasteiger partial charge in [0.2, 0.25) is 5.91 Å². The molecule has 0 bridgehead atoms. The largest absolute Gasteiger partial charge is 0.378 e. The highest BCUT2D eigenvalue weighted by atomic mass is 16.5. The maximum absolute atomic E-state index is 13.3. The number of rotatable bonds is 9. The van der Waals surface area contributed by atoms with E-state index in [1.807, 2.05) is 24.3 Å². The molecule has 1 aromatic carbocycles. The Bertz CT molecular complexity index is 1250. The van der Waals surface area contributed by atoms with Crippen LogP contribution in [0.5, 0.6) is 0 Å². The predicted octanol–water partition coefficient (Wildman–Crippen LogP) is 3.71. The lowest BCUT2D eigenvalue weighted by Crippen LogP contribution is -2.44. The second-order valence-electron chi connectivity index (χ2n) is 9.98. The molecule has 3 heterocycles. The summed E-state index contributed by atoms with van der Waals surface area (Å²) in [5.41, 5.74) is 2.73. The third kappa shape index (κ3) is 6.49. The molecule has 3 aromatic rings. The summed E-state index contributed by atoms with van der Waals surface area (Å²) < 4.78 is 7.11. The Morgan fingerprint density at radius 2 is 1.92 bits per heavy atom. The molecule has 2 amide bonds. The van der Waals surface area contributed by atoms with Crippen molar-refractivity contribution in [2.45, 2.75) is 38.1 Å². The lowest BCUT2D eigenvalue weighted by Gasteiger charge is -2.29. The van der Waals surface area contributed by atoms with Crippen LogP contribution >= 0.6 is 0 Å². The smallest absolute Gasteiger partial charge is 0.252 e.